The van der Waals surface area contributed by atoms with Crippen LogP contribution in [0.1, 0.15) is 27.5 Å². The van der Waals surface area contributed by atoms with Crippen molar-refractivity contribution in [1.29, 1.82) is 0 Å². The first-order valence-corrected chi connectivity index (χ1v) is 11.0. The molecule has 7 nitrogen and oxygen atoms in total. The van der Waals surface area contributed by atoms with Crippen molar-refractivity contribution in [3.05, 3.63) is 83.6 Å². The molecular weight excluding hydrogens is 435 g/mol. The third kappa shape index (κ3) is 3.26. The molecule has 2 aromatic carbocycles. The first-order chi connectivity index (χ1) is 16.6. The number of carbonyl (C=O) groups is 1. The Morgan fingerprint density at radius 1 is 1.18 bits per heavy atom. The predicted octanol–water partition coefficient (Wildman–Crippen LogP) is 5.14. The van der Waals surface area contributed by atoms with Crippen LogP contribution in [0.25, 0.3) is 11.3 Å². The number of hydrogen-bond donors (Lipinski definition) is 3. The van der Waals surface area contributed by atoms with E-state index in [0.29, 0.717) is 40.7 Å². The summed E-state index contributed by atoms with van der Waals surface area (Å²) in [6.07, 6.45) is 4.04. The molecule has 3 aliphatic rings. The minimum absolute atomic E-state index is 0.0351. The third-order valence-electron chi connectivity index (χ3n) is 6.29. The number of para-hydroxylation sites is 1. The second-order valence-electron chi connectivity index (χ2n) is 8.34. The molecule has 3 N–H and O–H groups in total. The van der Waals surface area contributed by atoms with Gasteiger partial charge in [0.2, 0.25) is 0 Å². The molecule has 0 aliphatic carbocycles. The van der Waals surface area contributed by atoms with Crippen molar-refractivity contribution in [3.8, 4) is 28.5 Å². The first-order valence-electron chi connectivity index (χ1n) is 11.0. The summed E-state index contributed by atoms with van der Waals surface area (Å²) in [6, 6.07) is 14.4. The second kappa shape index (κ2) is 7.91. The monoisotopic (exact) mass is 456 g/mol. The minimum atomic E-state index is -0.499. The van der Waals surface area contributed by atoms with Crippen LogP contribution < -0.4 is 20.1 Å². The van der Waals surface area contributed by atoms with Crippen molar-refractivity contribution < 1.29 is 18.7 Å². The van der Waals surface area contributed by atoms with E-state index in [2.05, 4.69) is 20.6 Å². The number of H-pyrrole nitrogens is 1. The van der Waals surface area contributed by atoms with E-state index in [1.807, 2.05) is 30.3 Å². The zero-order chi connectivity index (χ0) is 23.2. The highest BCUT2D eigenvalue weighted by Crippen LogP contribution is 2.45. The molecular formula is C26H21FN4O3. The van der Waals surface area contributed by atoms with Gasteiger partial charge in [0, 0.05) is 29.9 Å². The average Bonchev–Trinajstić information content (AvgIpc) is 3.22. The maximum atomic E-state index is 14.4. The summed E-state index contributed by atoms with van der Waals surface area (Å²) in [5, 5.41) is 6.30. The van der Waals surface area contributed by atoms with Crippen molar-refractivity contribution in [1.82, 2.24) is 15.3 Å². The number of amides is 1. The Bertz CT molecular complexity index is 1410. The molecule has 170 valence electrons. The molecule has 34 heavy (non-hydrogen) atoms. The van der Waals surface area contributed by atoms with Crippen LogP contribution in [0.3, 0.4) is 0 Å². The van der Waals surface area contributed by atoms with Crippen LogP contribution >= 0.6 is 0 Å². The maximum absolute atomic E-state index is 14.4. The number of nitrogens with one attached hydrogen (secondary N) is 3. The zero-order valence-corrected chi connectivity index (χ0v) is 18.3. The number of ether oxygens (including phenoxy) is 2. The van der Waals surface area contributed by atoms with E-state index in [1.165, 1.54) is 13.2 Å². The van der Waals surface area contributed by atoms with Gasteiger partial charge in [0.05, 0.1) is 35.9 Å². The normalized spacial score (nSPS) is 15.9. The molecule has 8 heteroatoms. The lowest BCUT2D eigenvalue weighted by molar-refractivity contribution is 0.0940. The highest BCUT2D eigenvalue weighted by atomic mass is 19.1. The van der Waals surface area contributed by atoms with Gasteiger partial charge in [0.25, 0.3) is 5.91 Å². The zero-order valence-electron chi connectivity index (χ0n) is 18.3. The Labute approximate surface area is 194 Å². The molecule has 1 atom stereocenters. The van der Waals surface area contributed by atoms with Gasteiger partial charge in [-0.1, -0.05) is 18.2 Å². The molecule has 0 saturated heterocycles. The summed E-state index contributed by atoms with van der Waals surface area (Å²) < 4.78 is 25.9. The lowest BCUT2D eigenvalue weighted by Crippen LogP contribution is -2.35. The molecule has 0 fully saturated rings. The highest BCUT2D eigenvalue weighted by Gasteiger charge is 2.34. The second-order valence-corrected chi connectivity index (χ2v) is 8.34. The summed E-state index contributed by atoms with van der Waals surface area (Å²) >= 11 is 0. The van der Waals surface area contributed by atoms with Crippen molar-refractivity contribution in [2.45, 2.75) is 12.3 Å². The lowest BCUT2D eigenvalue weighted by atomic mass is 9.90. The minimum Gasteiger partial charge on any atom is -0.492 e. The Balaban J connectivity index is 1.61. The van der Waals surface area contributed by atoms with Crippen LogP contribution in [0.2, 0.25) is 0 Å². The third-order valence-corrected chi connectivity index (χ3v) is 6.29. The van der Waals surface area contributed by atoms with Crippen LogP contribution in [0, 0.1) is 5.82 Å². The molecule has 1 amide bonds. The van der Waals surface area contributed by atoms with Gasteiger partial charge in [-0.05, 0) is 42.3 Å². The smallest absolute Gasteiger partial charge is 0.255 e. The van der Waals surface area contributed by atoms with Crippen molar-refractivity contribution in [2.24, 2.45) is 0 Å². The fraction of sp³-hybridized carbons (Fsp3) is 0.154. The molecule has 0 saturated carbocycles. The van der Waals surface area contributed by atoms with Gasteiger partial charge < -0.3 is 25.1 Å². The summed E-state index contributed by atoms with van der Waals surface area (Å²) in [5.41, 5.74) is 4.76. The molecule has 4 bridgehead atoms. The summed E-state index contributed by atoms with van der Waals surface area (Å²) in [5.74, 6) is 0.618. The van der Waals surface area contributed by atoms with Crippen molar-refractivity contribution in [3.63, 3.8) is 0 Å². The van der Waals surface area contributed by atoms with E-state index in [-0.39, 0.29) is 17.6 Å². The van der Waals surface area contributed by atoms with E-state index in [0.717, 1.165) is 23.2 Å². The predicted molar refractivity (Wildman–Crippen MR) is 126 cm³/mol. The van der Waals surface area contributed by atoms with E-state index in [4.69, 9.17) is 9.47 Å². The molecule has 4 aromatic rings. The standard InChI is InChI=1S/C26H21FN4O3/c1-33-25-18(27)3-2-4-19(25)30-24-21-22-15(12-29-26(21)32)11-14-5-7-16(8-6-14)34-20-13-28-10-9-17(20)23(24)31-22/h2-10,13,15,30-31H,11-12H2,1H3,(H,29,32)/t15-/m0/s1. The number of methoxy groups -OCH3 is 1. The number of fused-ring (bicyclic) bond motifs is 2. The van der Waals surface area contributed by atoms with Gasteiger partial charge in [-0.2, -0.15) is 0 Å². The van der Waals surface area contributed by atoms with E-state index < -0.39 is 5.82 Å². The molecule has 2 aromatic heterocycles. The largest absolute Gasteiger partial charge is 0.492 e. The fourth-order valence-electron chi connectivity index (χ4n) is 4.69. The number of benzene rings is 2. The van der Waals surface area contributed by atoms with E-state index in [1.54, 1.807) is 24.5 Å². The fourth-order valence-corrected chi connectivity index (χ4v) is 4.69. The number of anilines is 2. The lowest BCUT2D eigenvalue weighted by Gasteiger charge is -2.24. The van der Waals surface area contributed by atoms with E-state index >= 15 is 0 Å². The van der Waals surface area contributed by atoms with Crippen molar-refractivity contribution >= 4 is 17.3 Å². The average molecular weight is 456 g/mol. The topological polar surface area (TPSA) is 88.3 Å². The number of aromatic nitrogens is 2. The number of carbonyl (C=O) groups excluding carboxylic acids is 1. The van der Waals surface area contributed by atoms with Gasteiger partial charge in [-0.15, -0.1) is 0 Å². The first kappa shape index (κ1) is 20.3. The van der Waals surface area contributed by atoms with Gasteiger partial charge >= 0.3 is 0 Å². The molecule has 3 aliphatic heterocycles. The number of aromatic amines is 1. The van der Waals surface area contributed by atoms with Gasteiger partial charge in [0.15, 0.2) is 17.3 Å². The Hall–Kier alpha value is -4.33. The highest BCUT2D eigenvalue weighted by molar-refractivity contribution is 6.07. The van der Waals surface area contributed by atoms with Gasteiger partial charge in [0.1, 0.15) is 5.75 Å². The summed E-state index contributed by atoms with van der Waals surface area (Å²) in [4.78, 5) is 20.9. The quantitative estimate of drug-likeness (QED) is 0.397. The maximum Gasteiger partial charge on any atom is 0.255 e. The Kier molecular flexibility index (Phi) is 4.72. The van der Waals surface area contributed by atoms with Crippen LogP contribution in [0.15, 0.2) is 60.9 Å². The number of hydrogen-bond acceptors (Lipinski definition) is 5. The summed E-state index contributed by atoms with van der Waals surface area (Å²) in [7, 11) is 1.41. The molecule has 0 spiro atoms. The number of rotatable bonds is 3. The molecule has 0 radical (unpaired) electrons. The Morgan fingerprint density at radius 2 is 2.03 bits per heavy atom. The van der Waals surface area contributed by atoms with Crippen LogP contribution in [-0.2, 0) is 6.42 Å². The Morgan fingerprint density at radius 3 is 2.85 bits per heavy atom. The van der Waals surface area contributed by atoms with Gasteiger partial charge in [-0.25, -0.2) is 4.39 Å². The molecule has 0 unspecified atom stereocenters. The summed E-state index contributed by atoms with van der Waals surface area (Å²) in [6.45, 7) is 0.510. The van der Waals surface area contributed by atoms with Crippen LogP contribution in [0.5, 0.6) is 17.2 Å². The van der Waals surface area contributed by atoms with E-state index in [9.17, 15) is 9.18 Å². The molecule has 5 heterocycles. The van der Waals surface area contributed by atoms with Crippen molar-refractivity contribution in [2.75, 3.05) is 19.0 Å². The number of halogens is 1. The van der Waals surface area contributed by atoms with Gasteiger partial charge in [-0.3, -0.25) is 9.78 Å². The van der Waals surface area contributed by atoms with Crippen LogP contribution in [-0.4, -0.2) is 29.5 Å². The SMILES string of the molecule is COc1c(F)cccc1Nc1c2[nH]c3c1C(=O)NC[C@@H]3Cc1ccc(cc1)Oc1cnccc1-2. The molecule has 7 rings (SSSR count). The number of pyridine rings is 1. The number of nitrogens with zero attached hydrogens (tertiary/aromatic N) is 1. The van der Waals surface area contributed by atoms with Crippen LogP contribution in [0.4, 0.5) is 15.8 Å².